The molecular formula is C17H21N3O2. The molecule has 2 heterocycles. The van der Waals surface area contributed by atoms with Gasteiger partial charge in [-0.2, -0.15) is 0 Å². The normalized spacial score (nSPS) is 13.7. The average molecular weight is 299 g/mol. The molecule has 0 unspecified atom stereocenters. The lowest BCUT2D eigenvalue weighted by Gasteiger charge is -2.16. The summed E-state index contributed by atoms with van der Waals surface area (Å²) < 4.78 is 11.2. The molecule has 2 aromatic rings. The van der Waals surface area contributed by atoms with Crippen LogP contribution in [0.5, 0.6) is 5.75 Å². The minimum absolute atomic E-state index is 0.632. The van der Waals surface area contributed by atoms with Gasteiger partial charge in [-0.3, -0.25) is 4.90 Å². The van der Waals surface area contributed by atoms with Gasteiger partial charge in [-0.15, -0.1) is 0 Å². The van der Waals surface area contributed by atoms with E-state index in [1.807, 2.05) is 18.2 Å². The molecule has 0 N–H and O–H groups in total. The van der Waals surface area contributed by atoms with Crippen LogP contribution >= 0.6 is 0 Å². The van der Waals surface area contributed by atoms with Crippen molar-refractivity contribution in [3.05, 3.63) is 18.2 Å². The lowest BCUT2D eigenvalue weighted by atomic mass is 10.2. The predicted octanol–water partition coefficient (Wildman–Crippen LogP) is 2.37. The second-order valence-electron chi connectivity index (χ2n) is 5.22. The number of anilines is 1. The first kappa shape index (κ1) is 14.7. The van der Waals surface area contributed by atoms with Crippen molar-refractivity contribution in [1.82, 2.24) is 10.1 Å². The van der Waals surface area contributed by atoms with Crippen LogP contribution < -0.4 is 9.64 Å². The number of benzene rings is 1. The molecule has 0 spiro atoms. The van der Waals surface area contributed by atoms with Crippen molar-refractivity contribution in [2.75, 3.05) is 44.2 Å². The molecular weight excluding hydrogens is 278 g/mol. The van der Waals surface area contributed by atoms with E-state index in [1.54, 1.807) is 0 Å². The molecule has 1 aromatic heterocycles. The van der Waals surface area contributed by atoms with Gasteiger partial charge in [0.15, 0.2) is 11.4 Å². The van der Waals surface area contributed by atoms with Crippen molar-refractivity contribution in [2.45, 2.75) is 13.8 Å². The van der Waals surface area contributed by atoms with Gasteiger partial charge in [-0.25, -0.2) is 0 Å². The molecule has 3 rings (SSSR count). The molecule has 1 aromatic carbocycles. The van der Waals surface area contributed by atoms with E-state index in [1.165, 1.54) is 0 Å². The molecule has 0 aliphatic carbocycles. The first-order valence-corrected chi connectivity index (χ1v) is 7.77. The van der Waals surface area contributed by atoms with Crippen LogP contribution in [0.1, 0.15) is 13.8 Å². The summed E-state index contributed by atoms with van der Waals surface area (Å²) in [4.78, 5) is 4.42. The van der Waals surface area contributed by atoms with Crippen molar-refractivity contribution in [1.29, 1.82) is 0 Å². The highest BCUT2D eigenvalue weighted by Crippen LogP contribution is 2.35. The molecule has 0 amide bonds. The van der Waals surface area contributed by atoms with E-state index in [9.17, 15) is 0 Å². The van der Waals surface area contributed by atoms with Crippen LogP contribution in [0, 0.1) is 11.8 Å². The SMILES string of the molecule is CCN(CC)CC#CCN1CCOc2cccc3onc1c23. The standard InChI is InChI=1S/C17H21N3O2/c1-3-19(4-2)10-5-6-11-20-12-13-21-14-8-7-9-15-16(14)17(20)18-22-15/h7-9H,3-4,10-13H2,1-2H3. The fourth-order valence-corrected chi connectivity index (χ4v) is 2.57. The summed E-state index contributed by atoms with van der Waals surface area (Å²) in [5.41, 5.74) is 0.760. The smallest absolute Gasteiger partial charge is 0.184 e. The minimum Gasteiger partial charge on any atom is -0.491 e. The van der Waals surface area contributed by atoms with Crippen LogP contribution in [-0.4, -0.2) is 49.4 Å². The van der Waals surface area contributed by atoms with Crippen LogP contribution in [0.3, 0.4) is 0 Å². The Morgan fingerprint density at radius 1 is 1.27 bits per heavy atom. The van der Waals surface area contributed by atoms with E-state index >= 15 is 0 Å². The van der Waals surface area contributed by atoms with Gasteiger partial charge >= 0.3 is 0 Å². The average Bonchev–Trinajstić information content (AvgIpc) is 2.89. The highest BCUT2D eigenvalue weighted by molar-refractivity contribution is 5.94. The molecule has 22 heavy (non-hydrogen) atoms. The Bertz CT molecular complexity index is 695. The number of nitrogens with zero attached hydrogens (tertiary/aromatic N) is 3. The molecule has 0 saturated carbocycles. The third kappa shape index (κ3) is 2.88. The molecule has 116 valence electrons. The monoisotopic (exact) mass is 299 g/mol. The maximum absolute atomic E-state index is 5.79. The molecule has 0 radical (unpaired) electrons. The van der Waals surface area contributed by atoms with E-state index < -0.39 is 0 Å². The summed E-state index contributed by atoms with van der Waals surface area (Å²) in [6.45, 7) is 9.20. The zero-order valence-electron chi connectivity index (χ0n) is 13.1. The molecule has 1 aliphatic rings. The largest absolute Gasteiger partial charge is 0.491 e. The van der Waals surface area contributed by atoms with Crippen molar-refractivity contribution < 1.29 is 9.26 Å². The molecule has 0 bridgehead atoms. The lowest BCUT2D eigenvalue weighted by Crippen LogP contribution is -2.28. The molecule has 1 aliphatic heterocycles. The topological polar surface area (TPSA) is 41.7 Å². The Balaban J connectivity index is 1.76. The Morgan fingerprint density at radius 2 is 2.14 bits per heavy atom. The predicted molar refractivity (Wildman–Crippen MR) is 87.3 cm³/mol. The zero-order valence-corrected chi connectivity index (χ0v) is 13.1. The fourth-order valence-electron chi connectivity index (χ4n) is 2.57. The molecule has 5 heteroatoms. The van der Waals surface area contributed by atoms with Gasteiger partial charge in [-0.1, -0.05) is 36.9 Å². The fraction of sp³-hybridized carbons (Fsp3) is 0.471. The summed E-state index contributed by atoms with van der Waals surface area (Å²) in [6.07, 6.45) is 0. The van der Waals surface area contributed by atoms with E-state index in [-0.39, 0.29) is 0 Å². The number of aromatic nitrogens is 1. The molecule has 0 atom stereocenters. The number of hydrogen-bond acceptors (Lipinski definition) is 5. The molecule has 0 saturated heterocycles. The maximum Gasteiger partial charge on any atom is 0.184 e. The summed E-state index contributed by atoms with van der Waals surface area (Å²) in [5, 5.41) is 5.16. The van der Waals surface area contributed by atoms with Gasteiger partial charge in [0.1, 0.15) is 17.7 Å². The third-order valence-electron chi connectivity index (χ3n) is 3.95. The van der Waals surface area contributed by atoms with Crippen LogP contribution in [0.2, 0.25) is 0 Å². The zero-order chi connectivity index (χ0) is 15.4. The van der Waals surface area contributed by atoms with Gasteiger partial charge in [0.25, 0.3) is 0 Å². The van der Waals surface area contributed by atoms with E-state index in [0.717, 1.165) is 48.7 Å². The Morgan fingerprint density at radius 3 is 2.95 bits per heavy atom. The second kappa shape index (κ2) is 6.71. The Hall–Kier alpha value is -2.19. The van der Waals surface area contributed by atoms with Gasteiger partial charge in [0.2, 0.25) is 0 Å². The Kier molecular flexibility index (Phi) is 4.50. The van der Waals surface area contributed by atoms with Gasteiger partial charge in [0.05, 0.1) is 19.6 Å². The highest BCUT2D eigenvalue weighted by atomic mass is 16.5. The first-order valence-electron chi connectivity index (χ1n) is 7.77. The number of hydrogen-bond donors (Lipinski definition) is 0. The van der Waals surface area contributed by atoms with Crippen molar-refractivity contribution in [3.63, 3.8) is 0 Å². The summed E-state index contributed by atoms with van der Waals surface area (Å²) >= 11 is 0. The van der Waals surface area contributed by atoms with Gasteiger partial charge in [-0.05, 0) is 25.2 Å². The second-order valence-corrected chi connectivity index (χ2v) is 5.22. The first-order chi connectivity index (χ1) is 10.8. The summed E-state index contributed by atoms with van der Waals surface area (Å²) in [5.74, 6) is 8.15. The van der Waals surface area contributed by atoms with Crippen LogP contribution in [-0.2, 0) is 0 Å². The summed E-state index contributed by atoms with van der Waals surface area (Å²) in [7, 11) is 0. The van der Waals surface area contributed by atoms with Crippen molar-refractivity contribution >= 4 is 16.8 Å². The minimum atomic E-state index is 0.632. The quantitative estimate of drug-likeness (QED) is 0.811. The van der Waals surface area contributed by atoms with Gasteiger partial charge in [0, 0.05) is 0 Å². The third-order valence-corrected chi connectivity index (χ3v) is 3.95. The van der Waals surface area contributed by atoms with E-state index in [2.05, 4.69) is 40.6 Å². The van der Waals surface area contributed by atoms with E-state index in [0.29, 0.717) is 13.2 Å². The highest BCUT2D eigenvalue weighted by Gasteiger charge is 2.21. The van der Waals surface area contributed by atoms with Crippen LogP contribution in [0.25, 0.3) is 11.0 Å². The van der Waals surface area contributed by atoms with E-state index in [4.69, 9.17) is 9.26 Å². The maximum atomic E-state index is 5.79. The number of ether oxygens (including phenoxy) is 1. The molecule has 5 nitrogen and oxygen atoms in total. The summed E-state index contributed by atoms with van der Waals surface area (Å²) in [6, 6.07) is 5.79. The van der Waals surface area contributed by atoms with Crippen LogP contribution in [0.15, 0.2) is 22.7 Å². The van der Waals surface area contributed by atoms with Gasteiger partial charge < -0.3 is 14.2 Å². The van der Waals surface area contributed by atoms with Crippen molar-refractivity contribution in [2.24, 2.45) is 0 Å². The van der Waals surface area contributed by atoms with Crippen molar-refractivity contribution in [3.8, 4) is 17.6 Å². The Labute approximate surface area is 130 Å². The lowest BCUT2D eigenvalue weighted by molar-refractivity contribution is 0.330. The van der Waals surface area contributed by atoms with Crippen LogP contribution in [0.4, 0.5) is 5.82 Å². The number of rotatable bonds is 4. The molecule has 0 fully saturated rings.